The van der Waals surface area contributed by atoms with Gasteiger partial charge in [-0.15, -0.1) is 0 Å². The Morgan fingerprint density at radius 2 is 2.18 bits per heavy atom. The maximum atomic E-state index is 4.54. The first-order chi connectivity index (χ1) is 8.24. The monoisotopic (exact) mass is 234 g/mol. The molecular weight excluding hydrogens is 212 g/mol. The normalized spacial score (nSPS) is 29.3. The van der Waals surface area contributed by atoms with Crippen molar-refractivity contribution in [3.8, 4) is 0 Å². The van der Waals surface area contributed by atoms with Crippen molar-refractivity contribution in [2.24, 2.45) is 7.05 Å². The molecule has 0 spiro atoms. The van der Waals surface area contributed by atoms with E-state index in [4.69, 9.17) is 0 Å². The molecule has 1 aromatic heterocycles. The SMILES string of the molecule is Cc1cn(C)c(NC2CCN3CCCCC23)n1. The Balaban J connectivity index is 1.71. The van der Waals surface area contributed by atoms with Gasteiger partial charge in [0, 0.05) is 31.9 Å². The van der Waals surface area contributed by atoms with Crippen molar-refractivity contribution in [3.05, 3.63) is 11.9 Å². The highest BCUT2D eigenvalue weighted by molar-refractivity contribution is 5.31. The number of imidazole rings is 1. The van der Waals surface area contributed by atoms with E-state index in [1.54, 1.807) is 0 Å². The number of aromatic nitrogens is 2. The first-order valence-electron chi connectivity index (χ1n) is 6.74. The highest BCUT2D eigenvalue weighted by atomic mass is 15.3. The lowest BCUT2D eigenvalue weighted by Gasteiger charge is -2.32. The van der Waals surface area contributed by atoms with E-state index in [0.29, 0.717) is 6.04 Å². The zero-order valence-electron chi connectivity index (χ0n) is 10.8. The lowest BCUT2D eigenvalue weighted by molar-refractivity contribution is 0.192. The van der Waals surface area contributed by atoms with Gasteiger partial charge in [0.2, 0.25) is 5.95 Å². The molecule has 2 saturated heterocycles. The van der Waals surface area contributed by atoms with Gasteiger partial charge in [0.1, 0.15) is 0 Å². The molecule has 0 amide bonds. The summed E-state index contributed by atoms with van der Waals surface area (Å²) >= 11 is 0. The van der Waals surface area contributed by atoms with Gasteiger partial charge in [-0.1, -0.05) is 6.42 Å². The minimum atomic E-state index is 0.593. The molecular formula is C13H22N4. The number of nitrogens with zero attached hydrogens (tertiary/aromatic N) is 3. The first kappa shape index (κ1) is 11.1. The summed E-state index contributed by atoms with van der Waals surface area (Å²) in [6, 6.07) is 1.33. The highest BCUT2D eigenvalue weighted by Crippen LogP contribution is 2.29. The van der Waals surface area contributed by atoms with Gasteiger partial charge in [0.15, 0.2) is 0 Å². The molecule has 3 rings (SSSR count). The Morgan fingerprint density at radius 1 is 1.29 bits per heavy atom. The number of fused-ring (bicyclic) bond motifs is 1. The molecule has 2 aliphatic rings. The van der Waals surface area contributed by atoms with Gasteiger partial charge in [-0.2, -0.15) is 0 Å². The molecule has 4 nitrogen and oxygen atoms in total. The van der Waals surface area contributed by atoms with Crippen LogP contribution in [0.15, 0.2) is 6.20 Å². The zero-order valence-corrected chi connectivity index (χ0v) is 10.8. The average molecular weight is 234 g/mol. The lowest BCUT2D eigenvalue weighted by atomic mass is 9.99. The molecule has 2 unspecified atom stereocenters. The van der Waals surface area contributed by atoms with Gasteiger partial charge >= 0.3 is 0 Å². The molecule has 2 atom stereocenters. The van der Waals surface area contributed by atoms with Crippen molar-refractivity contribution in [1.29, 1.82) is 0 Å². The number of hydrogen-bond acceptors (Lipinski definition) is 3. The van der Waals surface area contributed by atoms with E-state index >= 15 is 0 Å². The highest BCUT2D eigenvalue weighted by Gasteiger charge is 2.35. The maximum absolute atomic E-state index is 4.54. The van der Waals surface area contributed by atoms with Gasteiger partial charge in [-0.25, -0.2) is 4.98 Å². The van der Waals surface area contributed by atoms with Crippen LogP contribution in [0.25, 0.3) is 0 Å². The van der Waals surface area contributed by atoms with E-state index in [9.17, 15) is 0 Å². The lowest BCUT2D eigenvalue weighted by Crippen LogP contribution is -2.42. The zero-order chi connectivity index (χ0) is 11.8. The fraction of sp³-hybridized carbons (Fsp3) is 0.769. The van der Waals surface area contributed by atoms with Crippen LogP contribution in [-0.2, 0) is 7.05 Å². The minimum absolute atomic E-state index is 0.593. The quantitative estimate of drug-likeness (QED) is 0.846. The molecule has 94 valence electrons. The summed E-state index contributed by atoms with van der Waals surface area (Å²) in [6.45, 7) is 4.60. The van der Waals surface area contributed by atoms with Crippen molar-refractivity contribution in [1.82, 2.24) is 14.5 Å². The van der Waals surface area contributed by atoms with Crippen LogP contribution in [0.2, 0.25) is 0 Å². The van der Waals surface area contributed by atoms with Crippen LogP contribution in [0.1, 0.15) is 31.4 Å². The largest absolute Gasteiger partial charge is 0.351 e. The molecule has 4 heteroatoms. The van der Waals surface area contributed by atoms with Gasteiger partial charge < -0.3 is 9.88 Å². The Hall–Kier alpha value is -1.03. The number of hydrogen-bond donors (Lipinski definition) is 1. The maximum Gasteiger partial charge on any atom is 0.203 e. The minimum Gasteiger partial charge on any atom is -0.351 e. The molecule has 0 aliphatic carbocycles. The number of aryl methyl sites for hydroxylation is 2. The van der Waals surface area contributed by atoms with Crippen LogP contribution in [0, 0.1) is 6.92 Å². The summed E-state index contributed by atoms with van der Waals surface area (Å²) in [6.07, 6.45) is 7.46. The van der Waals surface area contributed by atoms with E-state index < -0.39 is 0 Å². The Labute approximate surface area is 103 Å². The predicted molar refractivity (Wildman–Crippen MR) is 69.2 cm³/mol. The summed E-state index contributed by atoms with van der Waals surface area (Å²) in [5.41, 5.74) is 1.09. The van der Waals surface area contributed by atoms with E-state index in [2.05, 4.69) is 33.0 Å². The molecule has 17 heavy (non-hydrogen) atoms. The topological polar surface area (TPSA) is 33.1 Å². The summed E-state index contributed by atoms with van der Waals surface area (Å²) < 4.78 is 2.10. The second-order valence-electron chi connectivity index (χ2n) is 5.46. The molecule has 0 aromatic carbocycles. The third-order valence-electron chi connectivity index (χ3n) is 4.17. The summed E-state index contributed by atoms with van der Waals surface area (Å²) in [7, 11) is 2.07. The molecule has 1 N–H and O–H groups in total. The summed E-state index contributed by atoms with van der Waals surface area (Å²) in [5.74, 6) is 1.03. The van der Waals surface area contributed by atoms with Crippen LogP contribution < -0.4 is 5.32 Å². The Kier molecular flexibility index (Phi) is 2.82. The van der Waals surface area contributed by atoms with Crippen LogP contribution in [0.4, 0.5) is 5.95 Å². The first-order valence-corrected chi connectivity index (χ1v) is 6.74. The number of anilines is 1. The second-order valence-corrected chi connectivity index (χ2v) is 5.46. The van der Waals surface area contributed by atoms with Gasteiger partial charge in [0.25, 0.3) is 0 Å². The molecule has 2 aliphatic heterocycles. The van der Waals surface area contributed by atoms with Crippen molar-refractivity contribution < 1.29 is 0 Å². The predicted octanol–water partition coefficient (Wildman–Crippen LogP) is 1.77. The molecule has 0 saturated carbocycles. The summed E-state index contributed by atoms with van der Waals surface area (Å²) in [4.78, 5) is 7.19. The van der Waals surface area contributed by atoms with Crippen molar-refractivity contribution in [2.45, 2.75) is 44.7 Å². The fourth-order valence-electron chi connectivity index (χ4n) is 3.33. The Bertz CT molecular complexity index is 398. The molecule has 3 heterocycles. The van der Waals surface area contributed by atoms with E-state index in [0.717, 1.165) is 17.7 Å². The molecule has 0 radical (unpaired) electrons. The van der Waals surface area contributed by atoms with Crippen LogP contribution >= 0.6 is 0 Å². The van der Waals surface area contributed by atoms with Gasteiger partial charge in [0.05, 0.1) is 5.69 Å². The van der Waals surface area contributed by atoms with Crippen molar-refractivity contribution >= 4 is 5.95 Å². The average Bonchev–Trinajstić information content (AvgIpc) is 2.85. The molecule has 0 bridgehead atoms. The van der Waals surface area contributed by atoms with Crippen molar-refractivity contribution in [2.75, 3.05) is 18.4 Å². The van der Waals surface area contributed by atoms with Crippen LogP contribution in [0.3, 0.4) is 0 Å². The standard InChI is InChI=1S/C13H22N4/c1-10-9-16(2)13(14-10)15-11-6-8-17-7-4-3-5-12(11)17/h9,11-12H,3-8H2,1-2H3,(H,14,15). The molecule has 1 aromatic rings. The van der Waals surface area contributed by atoms with Crippen molar-refractivity contribution in [3.63, 3.8) is 0 Å². The summed E-state index contributed by atoms with van der Waals surface area (Å²) in [5, 5.41) is 3.64. The number of rotatable bonds is 2. The van der Waals surface area contributed by atoms with E-state index in [1.807, 2.05) is 6.92 Å². The van der Waals surface area contributed by atoms with E-state index in [-0.39, 0.29) is 0 Å². The Morgan fingerprint density at radius 3 is 2.94 bits per heavy atom. The van der Waals surface area contributed by atoms with Crippen LogP contribution in [0.5, 0.6) is 0 Å². The number of piperidine rings is 1. The number of nitrogens with one attached hydrogen (secondary N) is 1. The van der Waals surface area contributed by atoms with Gasteiger partial charge in [-0.3, -0.25) is 4.90 Å². The van der Waals surface area contributed by atoms with Crippen LogP contribution in [-0.4, -0.2) is 39.6 Å². The third-order valence-corrected chi connectivity index (χ3v) is 4.17. The third kappa shape index (κ3) is 2.06. The smallest absolute Gasteiger partial charge is 0.203 e. The molecule has 2 fully saturated rings. The van der Waals surface area contributed by atoms with Gasteiger partial charge in [-0.05, 0) is 32.7 Å². The van der Waals surface area contributed by atoms with E-state index in [1.165, 1.54) is 38.8 Å². The fourth-order valence-corrected chi connectivity index (χ4v) is 3.33. The second kappa shape index (κ2) is 4.33.